The van der Waals surface area contributed by atoms with Gasteiger partial charge in [-0.2, -0.15) is 0 Å². The number of carbonyl (C=O) groups is 2. The number of carboxylic acids is 2. The molecule has 0 bridgehead atoms. The number of benzene rings is 1. The smallest absolute Gasteiger partial charge is 0.306 e. The third-order valence-electron chi connectivity index (χ3n) is 2.43. The summed E-state index contributed by atoms with van der Waals surface area (Å²) in [7, 11) is 1.47. The summed E-state index contributed by atoms with van der Waals surface area (Å²) in [6, 6.07) is 5.08. The predicted octanol–water partition coefficient (Wildman–Crippen LogP) is 1.57. The Balaban J connectivity index is 2.67. The van der Waals surface area contributed by atoms with Crippen molar-refractivity contribution in [1.29, 1.82) is 0 Å². The van der Waals surface area contributed by atoms with E-state index in [9.17, 15) is 9.59 Å². The van der Waals surface area contributed by atoms with Crippen LogP contribution in [-0.2, 0) is 16.0 Å². The van der Waals surface area contributed by atoms with Gasteiger partial charge in [0.1, 0.15) is 0 Å². The molecule has 6 heteroatoms. The van der Waals surface area contributed by atoms with Crippen LogP contribution < -0.4 is 9.47 Å². The van der Waals surface area contributed by atoms with E-state index in [1.807, 2.05) is 0 Å². The molecule has 0 aliphatic carbocycles. The van der Waals surface area contributed by atoms with Gasteiger partial charge in [-0.15, -0.1) is 0 Å². The van der Waals surface area contributed by atoms with Crippen LogP contribution in [0.5, 0.6) is 11.5 Å². The maximum Gasteiger partial charge on any atom is 0.306 e. The normalized spacial score (nSPS) is 9.95. The molecule has 0 atom stereocenters. The lowest BCUT2D eigenvalue weighted by molar-refractivity contribution is -0.138. The van der Waals surface area contributed by atoms with Crippen molar-refractivity contribution in [3.05, 3.63) is 23.8 Å². The standard InChI is InChI=1S/C13H16O6/c1-18-11-8-9(3-5-12(14)15)2-4-10(11)19-7-6-13(16)17/h2,4,8H,3,5-7H2,1H3,(H,14,15)(H,16,17). The van der Waals surface area contributed by atoms with E-state index in [2.05, 4.69) is 0 Å². The van der Waals surface area contributed by atoms with Crippen LogP contribution in [-0.4, -0.2) is 35.9 Å². The van der Waals surface area contributed by atoms with Gasteiger partial charge in [-0.1, -0.05) is 6.07 Å². The van der Waals surface area contributed by atoms with E-state index < -0.39 is 11.9 Å². The van der Waals surface area contributed by atoms with Gasteiger partial charge in [0.05, 0.1) is 20.1 Å². The average molecular weight is 268 g/mol. The highest BCUT2D eigenvalue weighted by atomic mass is 16.5. The number of rotatable bonds is 8. The largest absolute Gasteiger partial charge is 0.493 e. The SMILES string of the molecule is COc1cc(CCC(=O)O)ccc1OCCC(=O)O. The first-order valence-electron chi connectivity index (χ1n) is 5.76. The molecule has 6 nitrogen and oxygen atoms in total. The number of ether oxygens (including phenoxy) is 2. The van der Waals surface area contributed by atoms with Gasteiger partial charge in [0.15, 0.2) is 11.5 Å². The maximum absolute atomic E-state index is 10.5. The zero-order chi connectivity index (χ0) is 14.3. The van der Waals surface area contributed by atoms with Crippen molar-refractivity contribution in [1.82, 2.24) is 0 Å². The number of aliphatic carboxylic acids is 2. The lowest BCUT2D eigenvalue weighted by atomic mass is 10.1. The van der Waals surface area contributed by atoms with Gasteiger partial charge < -0.3 is 19.7 Å². The van der Waals surface area contributed by atoms with Crippen LogP contribution in [0.1, 0.15) is 18.4 Å². The molecular weight excluding hydrogens is 252 g/mol. The van der Waals surface area contributed by atoms with Crippen LogP contribution in [0.25, 0.3) is 0 Å². The maximum atomic E-state index is 10.5. The lowest BCUT2D eigenvalue weighted by Crippen LogP contribution is -2.06. The highest BCUT2D eigenvalue weighted by Gasteiger charge is 2.08. The second-order valence-corrected chi connectivity index (χ2v) is 3.87. The number of carboxylic acid groups (broad SMARTS) is 2. The van der Waals surface area contributed by atoms with E-state index in [4.69, 9.17) is 19.7 Å². The Bertz CT molecular complexity index is 454. The molecule has 1 aromatic rings. The molecular formula is C13H16O6. The van der Waals surface area contributed by atoms with Crippen molar-refractivity contribution >= 4 is 11.9 Å². The fraction of sp³-hybridized carbons (Fsp3) is 0.385. The molecule has 0 aliphatic rings. The van der Waals surface area contributed by atoms with Gasteiger partial charge in [0.25, 0.3) is 0 Å². The molecule has 0 fully saturated rings. The minimum absolute atomic E-state index is 0.0440. The zero-order valence-electron chi connectivity index (χ0n) is 10.6. The number of hydrogen-bond acceptors (Lipinski definition) is 4. The first-order chi connectivity index (χ1) is 9.02. The molecule has 0 saturated carbocycles. The van der Waals surface area contributed by atoms with Crippen molar-refractivity contribution in [2.24, 2.45) is 0 Å². The van der Waals surface area contributed by atoms with Crippen LogP contribution in [0.4, 0.5) is 0 Å². The first kappa shape index (κ1) is 14.8. The Kier molecular flexibility index (Phi) is 5.66. The molecule has 2 N–H and O–H groups in total. The van der Waals surface area contributed by atoms with Crippen LogP contribution in [0.3, 0.4) is 0 Å². The summed E-state index contributed by atoms with van der Waals surface area (Å²) < 4.78 is 10.4. The molecule has 0 aliphatic heterocycles. The third-order valence-corrected chi connectivity index (χ3v) is 2.43. The van der Waals surface area contributed by atoms with Gasteiger partial charge in [-0.05, 0) is 24.1 Å². The molecule has 0 radical (unpaired) electrons. The molecule has 0 amide bonds. The molecule has 19 heavy (non-hydrogen) atoms. The van der Waals surface area contributed by atoms with Crippen LogP contribution >= 0.6 is 0 Å². The molecule has 0 saturated heterocycles. The summed E-state index contributed by atoms with van der Waals surface area (Å²) in [5.74, 6) is -0.881. The van der Waals surface area contributed by atoms with Crippen LogP contribution in [0.15, 0.2) is 18.2 Å². The van der Waals surface area contributed by atoms with E-state index in [1.54, 1.807) is 18.2 Å². The Morgan fingerprint density at radius 1 is 1.11 bits per heavy atom. The highest BCUT2D eigenvalue weighted by Crippen LogP contribution is 2.28. The summed E-state index contributed by atoms with van der Waals surface area (Å²) in [4.78, 5) is 20.9. The molecule has 0 heterocycles. The third kappa shape index (κ3) is 5.29. The molecule has 0 aromatic heterocycles. The number of hydrogen-bond donors (Lipinski definition) is 2. The fourth-order valence-electron chi connectivity index (χ4n) is 1.49. The average Bonchev–Trinajstić information content (AvgIpc) is 2.36. The van der Waals surface area contributed by atoms with Crippen LogP contribution in [0.2, 0.25) is 0 Å². The molecule has 1 rings (SSSR count). The minimum atomic E-state index is -0.933. The van der Waals surface area contributed by atoms with Gasteiger partial charge >= 0.3 is 11.9 Å². The monoisotopic (exact) mass is 268 g/mol. The first-order valence-corrected chi connectivity index (χ1v) is 5.76. The quantitative estimate of drug-likeness (QED) is 0.743. The van der Waals surface area contributed by atoms with E-state index in [1.165, 1.54) is 7.11 Å². The topological polar surface area (TPSA) is 93.1 Å². The van der Waals surface area contributed by atoms with Crippen molar-refractivity contribution < 1.29 is 29.3 Å². The summed E-state index contributed by atoms with van der Waals surface area (Å²) in [5, 5.41) is 17.1. The molecule has 104 valence electrons. The Hall–Kier alpha value is -2.24. The van der Waals surface area contributed by atoms with Crippen molar-refractivity contribution in [3.63, 3.8) is 0 Å². The van der Waals surface area contributed by atoms with E-state index in [0.717, 1.165) is 5.56 Å². The summed E-state index contributed by atoms with van der Waals surface area (Å²) >= 11 is 0. The van der Waals surface area contributed by atoms with Crippen molar-refractivity contribution in [3.8, 4) is 11.5 Å². The summed E-state index contributed by atoms with van der Waals surface area (Å²) in [6.45, 7) is 0.0557. The summed E-state index contributed by atoms with van der Waals surface area (Å²) in [5.41, 5.74) is 0.824. The highest BCUT2D eigenvalue weighted by molar-refractivity contribution is 5.67. The Morgan fingerprint density at radius 3 is 2.37 bits per heavy atom. The van der Waals surface area contributed by atoms with E-state index in [-0.39, 0.29) is 19.4 Å². The van der Waals surface area contributed by atoms with Gasteiger partial charge in [0.2, 0.25) is 0 Å². The van der Waals surface area contributed by atoms with E-state index >= 15 is 0 Å². The van der Waals surface area contributed by atoms with Gasteiger partial charge in [0, 0.05) is 6.42 Å². The van der Waals surface area contributed by atoms with Crippen molar-refractivity contribution in [2.45, 2.75) is 19.3 Å². The Labute approximate surface area is 110 Å². The zero-order valence-corrected chi connectivity index (χ0v) is 10.6. The van der Waals surface area contributed by atoms with Crippen LogP contribution in [0, 0.1) is 0 Å². The fourth-order valence-corrected chi connectivity index (χ4v) is 1.49. The predicted molar refractivity (Wildman–Crippen MR) is 66.7 cm³/mol. The molecule has 1 aromatic carbocycles. The minimum Gasteiger partial charge on any atom is -0.493 e. The summed E-state index contributed by atoms with van der Waals surface area (Å²) in [6.07, 6.45) is 0.355. The van der Waals surface area contributed by atoms with E-state index in [0.29, 0.717) is 17.9 Å². The second-order valence-electron chi connectivity index (χ2n) is 3.87. The van der Waals surface area contributed by atoms with Gasteiger partial charge in [-0.3, -0.25) is 9.59 Å². The van der Waals surface area contributed by atoms with Crippen molar-refractivity contribution in [2.75, 3.05) is 13.7 Å². The Morgan fingerprint density at radius 2 is 1.79 bits per heavy atom. The number of aryl methyl sites for hydroxylation is 1. The molecule has 0 spiro atoms. The lowest BCUT2D eigenvalue weighted by Gasteiger charge is -2.11. The number of methoxy groups -OCH3 is 1. The van der Waals surface area contributed by atoms with Gasteiger partial charge in [-0.25, -0.2) is 0 Å². The molecule has 0 unspecified atom stereocenters. The second kappa shape index (κ2) is 7.25.